The van der Waals surface area contributed by atoms with Crippen LogP contribution in [-0.2, 0) is 9.53 Å². The van der Waals surface area contributed by atoms with E-state index in [0.717, 1.165) is 18.3 Å². The molecule has 1 aromatic heterocycles. The molecule has 314 valence electrons. The maximum absolute atomic E-state index is 13.8. The first-order valence-corrected chi connectivity index (χ1v) is 17.9. The van der Waals surface area contributed by atoms with Gasteiger partial charge in [-0.15, -0.1) is 0 Å². The van der Waals surface area contributed by atoms with Crippen LogP contribution in [0.2, 0.25) is 0 Å². The van der Waals surface area contributed by atoms with E-state index in [1.54, 1.807) is 0 Å². The second-order valence-electron chi connectivity index (χ2n) is 12.2. The lowest BCUT2D eigenvalue weighted by Gasteiger charge is -2.20. The Morgan fingerprint density at radius 3 is 1.85 bits per heavy atom. The topological polar surface area (TPSA) is 259 Å². The predicted octanol–water partition coefficient (Wildman–Crippen LogP) is 5.63. The van der Waals surface area contributed by atoms with Gasteiger partial charge in [0, 0.05) is 17.3 Å². The molecule has 1 heterocycles. The molecule has 0 fully saturated rings. The van der Waals surface area contributed by atoms with Gasteiger partial charge in [0.2, 0.25) is 5.91 Å². The molecule has 3 aromatic carbocycles. The van der Waals surface area contributed by atoms with Crippen LogP contribution < -0.4 is 40.2 Å². The molecule has 1 atom stereocenters. The number of benzene rings is 3. The van der Waals surface area contributed by atoms with E-state index in [2.05, 4.69) is 46.0 Å². The SMILES string of the molecule is C=CCOC(=O)c1ccc(NC(=O)c2ccc(NC(=O)c3ccc(NC(=O)[C@H](CC#N)NC(=O)c4ccc([N+](=O)[O-])cn4)cc3)c(OC)c2OCC=C)c(OC)c1OCC=C. The van der Waals surface area contributed by atoms with Crippen LogP contribution in [0.15, 0.2) is 105 Å². The van der Waals surface area contributed by atoms with E-state index in [9.17, 15) is 39.3 Å². The maximum Gasteiger partial charge on any atom is 0.342 e. The van der Waals surface area contributed by atoms with Crippen molar-refractivity contribution in [1.29, 1.82) is 5.26 Å². The number of carbonyl (C=O) groups excluding carboxylic acids is 5. The van der Waals surface area contributed by atoms with Crippen molar-refractivity contribution in [3.05, 3.63) is 137 Å². The number of carbonyl (C=O) groups is 5. The van der Waals surface area contributed by atoms with E-state index >= 15 is 0 Å². The standard InChI is InChI=1S/C42H39N7O12/c1-6-21-59-34-28(39(51)47-31-18-15-29(42(54)61-23-8-3)35(37(31)58-5)60-22-7-2)14-17-30(36(34)57-4)46-38(50)25-9-11-26(12-10-25)45-41(53)33(19-20-43)48-40(52)32-16-13-27(24-44-32)49(55)56/h6-18,24,33H,1-3,19,21-23H2,4-5H3,(H,45,53)(H,46,50)(H,47,51)(H,48,52)/t33-/m0/s1. The monoisotopic (exact) mass is 833 g/mol. The summed E-state index contributed by atoms with van der Waals surface area (Å²) in [5, 5.41) is 30.6. The minimum atomic E-state index is -1.32. The first kappa shape index (κ1) is 45.2. The molecule has 0 bridgehead atoms. The van der Waals surface area contributed by atoms with Crippen LogP contribution in [0, 0.1) is 21.4 Å². The third kappa shape index (κ3) is 11.5. The van der Waals surface area contributed by atoms with E-state index in [1.165, 1.54) is 81.0 Å². The van der Waals surface area contributed by atoms with Crippen molar-refractivity contribution in [2.45, 2.75) is 12.5 Å². The van der Waals surface area contributed by atoms with Gasteiger partial charge >= 0.3 is 5.97 Å². The van der Waals surface area contributed by atoms with Crippen molar-refractivity contribution in [2.24, 2.45) is 0 Å². The lowest BCUT2D eigenvalue weighted by Crippen LogP contribution is -2.43. The van der Waals surface area contributed by atoms with Crippen molar-refractivity contribution < 1.29 is 52.6 Å². The number of esters is 1. The summed E-state index contributed by atoms with van der Waals surface area (Å²) in [6.45, 7) is 10.7. The smallest absolute Gasteiger partial charge is 0.342 e. The Morgan fingerprint density at radius 1 is 0.754 bits per heavy atom. The van der Waals surface area contributed by atoms with Crippen molar-refractivity contribution in [1.82, 2.24) is 10.3 Å². The third-order valence-electron chi connectivity index (χ3n) is 8.14. The Hall–Kier alpha value is -8.53. The number of nitrogens with zero attached hydrogens (tertiary/aromatic N) is 3. The molecular formula is C42H39N7O12. The highest BCUT2D eigenvalue weighted by Crippen LogP contribution is 2.42. The van der Waals surface area contributed by atoms with Gasteiger partial charge in [-0.3, -0.25) is 29.3 Å². The van der Waals surface area contributed by atoms with Crippen molar-refractivity contribution in [3.63, 3.8) is 0 Å². The molecule has 0 saturated heterocycles. The van der Waals surface area contributed by atoms with E-state index in [0.29, 0.717) is 0 Å². The number of nitro groups is 1. The summed E-state index contributed by atoms with van der Waals surface area (Å²) in [6, 6.07) is 14.0. The van der Waals surface area contributed by atoms with Crippen LogP contribution in [0.1, 0.15) is 48.0 Å². The number of aromatic nitrogens is 1. The number of ether oxygens (including phenoxy) is 5. The Labute approximate surface area is 348 Å². The molecule has 61 heavy (non-hydrogen) atoms. The van der Waals surface area contributed by atoms with Crippen LogP contribution in [0.3, 0.4) is 0 Å². The Kier molecular flexibility index (Phi) is 16.2. The molecule has 0 saturated carbocycles. The number of anilines is 3. The second-order valence-corrected chi connectivity index (χ2v) is 12.2. The van der Waals surface area contributed by atoms with Crippen molar-refractivity contribution >= 4 is 52.3 Å². The second kappa shape index (κ2) is 21.8. The van der Waals surface area contributed by atoms with Gasteiger partial charge < -0.3 is 45.0 Å². The highest BCUT2D eigenvalue weighted by atomic mass is 16.6. The van der Waals surface area contributed by atoms with E-state index in [4.69, 9.17) is 23.7 Å². The molecular weight excluding hydrogens is 794 g/mol. The highest BCUT2D eigenvalue weighted by Gasteiger charge is 2.27. The fraction of sp³-hybridized carbons (Fsp3) is 0.167. The number of hydrogen-bond acceptors (Lipinski definition) is 14. The molecule has 4 rings (SSSR count). The Bertz CT molecular complexity index is 2380. The molecule has 4 N–H and O–H groups in total. The zero-order valence-corrected chi connectivity index (χ0v) is 32.9. The quantitative estimate of drug-likeness (QED) is 0.0343. The normalized spacial score (nSPS) is 10.6. The maximum atomic E-state index is 13.8. The summed E-state index contributed by atoms with van der Waals surface area (Å²) in [5.74, 6) is -3.66. The number of nitrogens with one attached hydrogen (secondary N) is 4. The number of pyridine rings is 1. The van der Waals surface area contributed by atoms with E-state index < -0.39 is 47.0 Å². The van der Waals surface area contributed by atoms with E-state index in [1.807, 2.05) is 6.07 Å². The molecule has 0 radical (unpaired) electrons. The zero-order chi connectivity index (χ0) is 44.5. The largest absolute Gasteiger partial charge is 0.491 e. The molecule has 4 aromatic rings. The molecule has 0 aliphatic heterocycles. The summed E-state index contributed by atoms with van der Waals surface area (Å²) < 4.78 is 27.9. The van der Waals surface area contributed by atoms with Crippen LogP contribution in [-0.4, -0.2) is 79.6 Å². The van der Waals surface area contributed by atoms with Crippen molar-refractivity contribution in [3.8, 4) is 29.1 Å². The first-order valence-electron chi connectivity index (χ1n) is 17.9. The Balaban J connectivity index is 1.53. The van der Waals surface area contributed by atoms with Crippen molar-refractivity contribution in [2.75, 3.05) is 50.0 Å². The van der Waals surface area contributed by atoms with Crippen LogP contribution >= 0.6 is 0 Å². The van der Waals surface area contributed by atoms with Crippen LogP contribution in [0.5, 0.6) is 23.0 Å². The van der Waals surface area contributed by atoms with Gasteiger partial charge in [0.15, 0.2) is 23.0 Å². The van der Waals surface area contributed by atoms with Gasteiger partial charge in [-0.1, -0.05) is 38.0 Å². The minimum Gasteiger partial charge on any atom is -0.491 e. The average molecular weight is 834 g/mol. The molecule has 4 amide bonds. The fourth-order valence-corrected chi connectivity index (χ4v) is 5.33. The van der Waals surface area contributed by atoms with Gasteiger partial charge in [0.25, 0.3) is 23.4 Å². The van der Waals surface area contributed by atoms with Gasteiger partial charge in [-0.2, -0.15) is 5.26 Å². The van der Waals surface area contributed by atoms with E-state index in [-0.39, 0.29) is 88.0 Å². The zero-order valence-electron chi connectivity index (χ0n) is 32.9. The predicted molar refractivity (Wildman–Crippen MR) is 221 cm³/mol. The summed E-state index contributed by atoms with van der Waals surface area (Å²) in [6.07, 6.45) is 4.78. The number of nitriles is 1. The third-order valence-corrected chi connectivity index (χ3v) is 8.14. The summed E-state index contributed by atoms with van der Waals surface area (Å²) in [4.78, 5) is 79.7. The van der Waals surface area contributed by atoms with Crippen LogP contribution in [0.4, 0.5) is 22.7 Å². The number of methoxy groups -OCH3 is 2. The summed E-state index contributed by atoms with van der Waals surface area (Å²) in [5.41, 5.74) is 0.0808. The number of hydrogen-bond donors (Lipinski definition) is 4. The molecule has 0 aliphatic carbocycles. The van der Waals surface area contributed by atoms with Gasteiger partial charge in [-0.05, 0) is 54.6 Å². The first-order chi connectivity index (χ1) is 29.4. The summed E-state index contributed by atoms with van der Waals surface area (Å²) in [7, 11) is 2.64. The number of rotatable bonds is 21. The fourth-order valence-electron chi connectivity index (χ4n) is 5.33. The minimum absolute atomic E-state index is 0.00172. The summed E-state index contributed by atoms with van der Waals surface area (Å²) >= 11 is 0. The highest BCUT2D eigenvalue weighted by molar-refractivity contribution is 6.10. The lowest BCUT2D eigenvalue weighted by atomic mass is 10.1. The molecule has 19 nitrogen and oxygen atoms in total. The Morgan fingerprint density at radius 2 is 1.33 bits per heavy atom. The van der Waals surface area contributed by atoms with Gasteiger partial charge in [0.05, 0.1) is 48.6 Å². The molecule has 0 unspecified atom stereocenters. The average Bonchev–Trinajstić information content (AvgIpc) is 3.26. The molecule has 0 aliphatic rings. The van der Waals surface area contributed by atoms with Crippen LogP contribution in [0.25, 0.3) is 0 Å². The molecule has 19 heteroatoms. The van der Waals surface area contributed by atoms with Gasteiger partial charge in [-0.25, -0.2) is 9.78 Å². The lowest BCUT2D eigenvalue weighted by molar-refractivity contribution is -0.385. The van der Waals surface area contributed by atoms with Gasteiger partial charge in [0.1, 0.15) is 43.3 Å². The molecule has 0 spiro atoms. The number of amides is 4.